The predicted octanol–water partition coefficient (Wildman–Crippen LogP) is -8.07. The molecule has 0 aliphatic carbocycles. The molecule has 11 heavy (non-hydrogen) atoms. The minimum atomic E-state index is -3.79. The van der Waals surface area contributed by atoms with Crippen LogP contribution in [-0.4, -0.2) is 27.7 Å². The van der Waals surface area contributed by atoms with E-state index in [0.29, 0.717) is 0 Å². The van der Waals surface area contributed by atoms with Crippen molar-refractivity contribution >= 4 is 14.5 Å². The van der Waals surface area contributed by atoms with Crippen molar-refractivity contribution in [2.75, 3.05) is 13.2 Å². The maximum absolute atomic E-state index is 8.54. The standard InChI is InChI=1S/C4H8O.2Na.H2O3Se/c1-2-4-5-3-1;;;1-4(2)3/h1-4H2;;;(H2,1,2,3)/q;2*+1;/p-2. The van der Waals surface area contributed by atoms with Gasteiger partial charge < -0.3 is 4.74 Å². The second kappa shape index (κ2) is 14.7. The molecular weight excluding hydrogens is 237 g/mol. The Balaban J connectivity index is -0.000000101. The molecule has 0 N–H and O–H groups in total. The molecule has 0 unspecified atom stereocenters. The average molecular weight is 245 g/mol. The second-order valence-electron chi connectivity index (χ2n) is 1.52. The summed E-state index contributed by atoms with van der Waals surface area (Å²) in [5.41, 5.74) is 0. The largest absolute Gasteiger partial charge is 1.00 e. The summed E-state index contributed by atoms with van der Waals surface area (Å²) in [6.45, 7) is 2.00. The van der Waals surface area contributed by atoms with Gasteiger partial charge in [-0.25, -0.2) is 0 Å². The Morgan fingerprint density at radius 1 is 1.09 bits per heavy atom. The van der Waals surface area contributed by atoms with Crippen LogP contribution in [0.1, 0.15) is 12.8 Å². The van der Waals surface area contributed by atoms with Crippen molar-refractivity contribution in [3.8, 4) is 0 Å². The van der Waals surface area contributed by atoms with Crippen LogP contribution in [0.15, 0.2) is 0 Å². The first kappa shape index (κ1) is 18.9. The zero-order valence-corrected chi connectivity index (χ0v) is 12.6. The summed E-state index contributed by atoms with van der Waals surface area (Å²) < 4.78 is 30.6. The minimum absolute atomic E-state index is 0. The number of hydrogen-bond acceptors (Lipinski definition) is 4. The van der Waals surface area contributed by atoms with Crippen LogP contribution in [0.2, 0.25) is 0 Å². The molecule has 0 saturated carbocycles. The van der Waals surface area contributed by atoms with E-state index in [-0.39, 0.29) is 59.1 Å². The quantitative estimate of drug-likeness (QED) is 0.397. The molecule has 1 saturated heterocycles. The van der Waals surface area contributed by atoms with Crippen molar-refractivity contribution in [2.24, 2.45) is 0 Å². The summed E-state index contributed by atoms with van der Waals surface area (Å²) in [6.07, 6.45) is 2.56. The topological polar surface area (TPSA) is 72.4 Å². The molecule has 0 atom stereocenters. The van der Waals surface area contributed by atoms with Gasteiger partial charge >= 0.3 is 85.8 Å². The maximum Gasteiger partial charge on any atom is 1.00 e. The molecule has 56 valence electrons. The molecule has 7 heteroatoms. The minimum Gasteiger partial charge on any atom is 1.00 e. The molecule has 0 aromatic carbocycles. The first-order chi connectivity index (χ1) is 4.23. The van der Waals surface area contributed by atoms with E-state index in [1.54, 1.807) is 0 Å². The molecule has 0 amide bonds. The average Bonchev–Trinajstić information content (AvgIpc) is 2.11. The van der Waals surface area contributed by atoms with Gasteiger partial charge in [0.05, 0.1) is 0 Å². The zero-order chi connectivity index (χ0) is 7.11. The molecule has 1 aliphatic heterocycles. The first-order valence-electron chi connectivity index (χ1n) is 2.58. The van der Waals surface area contributed by atoms with Crippen molar-refractivity contribution in [1.82, 2.24) is 0 Å². The zero-order valence-electron chi connectivity index (χ0n) is 6.87. The van der Waals surface area contributed by atoms with E-state index >= 15 is 0 Å². The third-order valence-electron chi connectivity index (χ3n) is 0.827. The molecule has 0 aromatic heterocycles. The fraction of sp³-hybridized carbons (Fsp3) is 1.00. The number of hydrogen-bond donors (Lipinski definition) is 0. The summed E-state index contributed by atoms with van der Waals surface area (Å²) >= 11 is -3.79. The van der Waals surface area contributed by atoms with Gasteiger partial charge in [-0.05, 0) is 12.8 Å². The second-order valence-corrected chi connectivity index (χ2v) is 2.38. The molecular formula is C4H8Na2O4Se. The van der Waals surface area contributed by atoms with E-state index in [9.17, 15) is 0 Å². The van der Waals surface area contributed by atoms with E-state index in [4.69, 9.17) is 16.9 Å². The predicted molar refractivity (Wildman–Crippen MR) is 26.5 cm³/mol. The molecule has 0 spiro atoms. The summed E-state index contributed by atoms with van der Waals surface area (Å²) in [5.74, 6) is 0. The Morgan fingerprint density at radius 2 is 1.36 bits per heavy atom. The van der Waals surface area contributed by atoms with Crippen LogP contribution in [0.3, 0.4) is 0 Å². The Kier molecular flexibility index (Phi) is 25.3. The fourth-order valence-electron chi connectivity index (χ4n) is 0.510. The molecule has 1 aliphatic rings. The van der Waals surface area contributed by atoms with Gasteiger partial charge in [0.25, 0.3) is 0 Å². The summed E-state index contributed by atoms with van der Waals surface area (Å²) in [6, 6.07) is 0. The van der Waals surface area contributed by atoms with Crippen LogP contribution in [0.5, 0.6) is 0 Å². The van der Waals surface area contributed by atoms with Gasteiger partial charge in [-0.3, -0.25) is 0 Å². The molecule has 0 bridgehead atoms. The van der Waals surface area contributed by atoms with Gasteiger partial charge in [-0.2, -0.15) is 0 Å². The van der Waals surface area contributed by atoms with Gasteiger partial charge in [-0.1, -0.05) is 0 Å². The van der Waals surface area contributed by atoms with Crippen LogP contribution < -0.4 is 67.5 Å². The van der Waals surface area contributed by atoms with E-state index < -0.39 is 14.5 Å². The third-order valence-corrected chi connectivity index (χ3v) is 0.827. The van der Waals surface area contributed by atoms with Crippen molar-refractivity contribution in [3.05, 3.63) is 0 Å². The number of rotatable bonds is 0. The Hall–Kier alpha value is 2.20. The monoisotopic (exact) mass is 246 g/mol. The molecule has 4 nitrogen and oxygen atoms in total. The van der Waals surface area contributed by atoms with Gasteiger partial charge in [-0.15, -0.1) is 0 Å². The van der Waals surface area contributed by atoms with Crippen LogP contribution >= 0.6 is 0 Å². The molecule has 0 aromatic rings. The SMILES string of the molecule is C1CCOC1.O=[Se]([O-])[O-].[Na+].[Na+]. The smallest absolute Gasteiger partial charge is 1.00 e. The maximum atomic E-state index is 8.54. The van der Waals surface area contributed by atoms with E-state index in [0.717, 1.165) is 13.2 Å². The van der Waals surface area contributed by atoms with Crippen molar-refractivity contribution in [1.29, 1.82) is 0 Å². The van der Waals surface area contributed by atoms with Crippen LogP contribution in [-0.2, 0) is 8.57 Å². The first-order valence-corrected chi connectivity index (χ1v) is 4.68. The Morgan fingerprint density at radius 3 is 1.45 bits per heavy atom. The van der Waals surface area contributed by atoms with Crippen LogP contribution in [0, 0.1) is 0 Å². The summed E-state index contributed by atoms with van der Waals surface area (Å²) in [5, 5.41) is 0. The molecule has 1 fully saturated rings. The van der Waals surface area contributed by atoms with Gasteiger partial charge in [0.15, 0.2) is 0 Å². The van der Waals surface area contributed by atoms with Gasteiger partial charge in [0, 0.05) is 13.2 Å². The van der Waals surface area contributed by atoms with E-state index in [1.807, 2.05) is 0 Å². The van der Waals surface area contributed by atoms with Crippen molar-refractivity contribution < 1.29 is 76.1 Å². The molecule has 1 heterocycles. The van der Waals surface area contributed by atoms with Crippen LogP contribution in [0.25, 0.3) is 0 Å². The fourth-order valence-corrected chi connectivity index (χ4v) is 0.510. The Labute approximate surface area is 115 Å². The third kappa shape index (κ3) is 24.5. The summed E-state index contributed by atoms with van der Waals surface area (Å²) in [7, 11) is 0. The van der Waals surface area contributed by atoms with Crippen molar-refractivity contribution in [2.45, 2.75) is 12.8 Å². The van der Waals surface area contributed by atoms with E-state index in [2.05, 4.69) is 0 Å². The Bertz CT molecular complexity index is 76.6. The molecule has 1 rings (SSSR count). The van der Waals surface area contributed by atoms with Gasteiger partial charge in [0.1, 0.15) is 0 Å². The summed E-state index contributed by atoms with van der Waals surface area (Å²) in [4.78, 5) is 0. The normalized spacial score (nSPS) is 14.1. The van der Waals surface area contributed by atoms with Crippen LogP contribution in [0.4, 0.5) is 0 Å². The number of ether oxygens (including phenoxy) is 1. The molecule has 0 radical (unpaired) electrons. The van der Waals surface area contributed by atoms with Crippen molar-refractivity contribution in [3.63, 3.8) is 0 Å². The van der Waals surface area contributed by atoms with Gasteiger partial charge in [0.2, 0.25) is 0 Å². The van der Waals surface area contributed by atoms with E-state index in [1.165, 1.54) is 12.8 Å².